The Kier molecular flexibility index (Phi) is 7.62. The highest BCUT2D eigenvalue weighted by atomic mass is 35.5. The van der Waals surface area contributed by atoms with Crippen molar-refractivity contribution in [3.05, 3.63) is 87.9 Å². The van der Waals surface area contributed by atoms with E-state index in [-0.39, 0.29) is 5.96 Å². The number of carbonyl (C=O) groups is 1. The zero-order chi connectivity index (χ0) is 27.7. The summed E-state index contributed by atoms with van der Waals surface area (Å²) in [6.07, 6.45) is 0. The normalized spacial score (nSPS) is 19.5. The molecule has 1 atom stereocenters. The van der Waals surface area contributed by atoms with Gasteiger partial charge < -0.3 is 15.6 Å². The summed E-state index contributed by atoms with van der Waals surface area (Å²) in [5.41, 5.74) is 8.10. The minimum atomic E-state index is -3.00. The van der Waals surface area contributed by atoms with Gasteiger partial charge in [0, 0.05) is 17.0 Å². The van der Waals surface area contributed by atoms with Gasteiger partial charge in [-0.2, -0.15) is 0 Å². The lowest BCUT2D eigenvalue weighted by atomic mass is 9.81. The molecule has 3 aromatic carbocycles. The number of alkyl halides is 2. The van der Waals surface area contributed by atoms with Crippen LogP contribution in [0.25, 0.3) is 11.1 Å². The van der Waals surface area contributed by atoms with Gasteiger partial charge in [-0.05, 0) is 58.7 Å². The van der Waals surface area contributed by atoms with Crippen LogP contribution in [0.4, 0.5) is 8.78 Å². The minimum Gasteiger partial charge on any atom is -0.497 e. The van der Waals surface area contributed by atoms with Crippen molar-refractivity contribution in [3.63, 3.8) is 0 Å². The molecule has 0 bridgehead atoms. The highest BCUT2D eigenvalue weighted by molar-refractivity contribution is 6.35. The molecule has 2 heterocycles. The molecule has 0 aromatic heterocycles. The Morgan fingerprint density at radius 1 is 1.03 bits per heavy atom. The van der Waals surface area contributed by atoms with Gasteiger partial charge in [0.1, 0.15) is 18.1 Å². The molecule has 38 heavy (non-hydrogen) atoms. The average molecular weight is 561 g/mol. The number of ether oxygens (including phenoxy) is 1. The highest BCUT2D eigenvalue weighted by Crippen LogP contribution is 2.44. The van der Waals surface area contributed by atoms with Crippen LogP contribution in [-0.4, -0.2) is 53.9 Å². The van der Waals surface area contributed by atoms with Crippen LogP contribution in [0.2, 0.25) is 10.0 Å². The highest BCUT2D eigenvalue weighted by Gasteiger charge is 2.53. The second kappa shape index (κ2) is 10.6. The molecule has 0 saturated heterocycles. The predicted molar refractivity (Wildman–Crippen MR) is 145 cm³/mol. The van der Waals surface area contributed by atoms with E-state index in [1.54, 1.807) is 25.3 Å². The first-order valence-corrected chi connectivity index (χ1v) is 12.2. The Morgan fingerprint density at radius 2 is 1.66 bits per heavy atom. The van der Waals surface area contributed by atoms with Gasteiger partial charge >= 0.3 is 0 Å². The van der Waals surface area contributed by atoms with E-state index in [1.165, 1.54) is 4.90 Å². The number of benzene rings is 3. The van der Waals surface area contributed by atoms with E-state index in [2.05, 4.69) is 4.99 Å². The molecule has 5 rings (SSSR count). The van der Waals surface area contributed by atoms with E-state index >= 15 is 0 Å². The number of hydrogen-bond donors (Lipinski definition) is 2. The number of carboxylic acids is 1. The third-order valence-electron chi connectivity index (χ3n) is 5.97. The molecule has 0 radical (unpaired) electrons. The smallest absolute Gasteiger partial charge is 0.300 e. The zero-order valence-corrected chi connectivity index (χ0v) is 22.0. The third-order valence-corrected chi connectivity index (χ3v) is 6.41. The molecular formula is C27H24Cl2F2N4O3. The molecule has 11 heteroatoms. The standard InChI is InChI=1S/C25H20Cl2F2N4O.C2H4O2/c1-34-21-7-5-17(6-8-21)25(22-31-13-24(28,29)14-33(22)23(30)32-25)18-4-2-3-15(9-18)16-10-19(26)12-20(27)11-16;1-2(3)4/h2-12H,13-14H2,1H3,(H2,30,32);1H3,(H,3,4). The third kappa shape index (κ3) is 5.44. The number of halogens is 4. The SMILES string of the molecule is CC(=O)O.COc1ccc(C2(c3cccc(-c4cc(Cl)cc(Cl)c4)c3)N=C(N)N3CC(F)(F)CN=C32)cc1. The molecule has 2 aliphatic rings. The van der Waals surface area contributed by atoms with Crippen LogP contribution < -0.4 is 10.5 Å². The van der Waals surface area contributed by atoms with Crippen molar-refractivity contribution in [3.8, 4) is 16.9 Å². The van der Waals surface area contributed by atoms with Gasteiger partial charge in [-0.25, -0.2) is 13.8 Å². The fraction of sp³-hybridized carbons (Fsp3) is 0.222. The molecule has 2 aliphatic heterocycles. The Morgan fingerprint density at radius 3 is 2.26 bits per heavy atom. The average Bonchev–Trinajstić information content (AvgIpc) is 3.14. The lowest BCUT2D eigenvalue weighted by Gasteiger charge is -2.35. The number of nitrogens with zero attached hydrogens (tertiary/aromatic N) is 3. The van der Waals surface area contributed by atoms with Crippen molar-refractivity contribution in [1.29, 1.82) is 0 Å². The fourth-order valence-corrected chi connectivity index (χ4v) is 4.97. The van der Waals surface area contributed by atoms with E-state index < -0.39 is 30.5 Å². The quantitative estimate of drug-likeness (QED) is 0.427. The topological polar surface area (TPSA) is 101 Å². The van der Waals surface area contributed by atoms with Crippen LogP contribution in [0.5, 0.6) is 5.75 Å². The summed E-state index contributed by atoms with van der Waals surface area (Å²) in [7, 11) is 1.57. The van der Waals surface area contributed by atoms with Crippen molar-refractivity contribution >= 4 is 41.0 Å². The van der Waals surface area contributed by atoms with Gasteiger partial charge in [0.05, 0.1) is 13.7 Å². The Balaban J connectivity index is 0.000000786. The lowest BCUT2D eigenvalue weighted by molar-refractivity contribution is -0.134. The molecule has 3 N–H and O–H groups in total. The van der Waals surface area contributed by atoms with E-state index in [0.29, 0.717) is 21.6 Å². The molecule has 3 aromatic rings. The molecule has 7 nitrogen and oxygen atoms in total. The first-order valence-electron chi connectivity index (χ1n) is 11.4. The van der Waals surface area contributed by atoms with Crippen LogP contribution in [0.3, 0.4) is 0 Å². The molecule has 198 valence electrons. The summed E-state index contributed by atoms with van der Waals surface area (Å²) in [4.78, 5) is 19.4. The first kappa shape index (κ1) is 27.3. The molecule has 0 saturated carbocycles. The summed E-state index contributed by atoms with van der Waals surface area (Å²) in [5, 5.41) is 8.43. The number of nitrogens with two attached hydrogens (primary N) is 1. The van der Waals surface area contributed by atoms with E-state index in [4.69, 9.17) is 48.6 Å². The number of methoxy groups -OCH3 is 1. The summed E-state index contributed by atoms with van der Waals surface area (Å²) < 4.78 is 33.8. The van der Waals surface area contributed by atoms with Crippen LogP contribution in [0, 0.1) is 0 Å². The maximum atomic E-state index is 14.2. The molecule has 0 amide bonds. The number of aliphatic carboxylic acids is 1. The second-order valence-corrected chi connectivity index (χ2v) is 9.62. The van der Waals surface area contributed by atoms with Gasteiger partial charge in [0.15, 0.2) is 11.5 Å². The van der Waals surface area contributed by atoms with E-state index in [9.17, 15) is 8.78 Å². The van der Waals surface area contributed by atoms with Crippen molar-refractivity contribution in [2.75, 3.05) is 20.2 Å². The number of hydrogen-bond acceptors (Lipinski definition) is 6. The molecule has 1 unspecified atom stereocenters. The lowest BCUT2D eigenvalue weighted by Crippen LogP contribution is -2.53. The van der Waals surface area contributed by atoms with Crippen LogP contribution in [-0.2, 0) is 10.3 Å². The first-order chi connectivity index (χ1) is 17.9. The minimum absolute atomic E-state index is 0.00912. The maximum absolute atomic E-state index is 14.2. The van der Waals surface area contributed by atoms with Gasteiger partial charge in [0.25, 0.3) is 11.9 Å². The van der Waals surface area contributed by atoms with Crippen molar-refractivity contribution in [1.82, 2.24) is 4.90 Å². The number of fused-ring (bicyclic) bond motifs is 1. The van der Waals surface area contributed by atoms with Crippen LogP contribution >= 0.6 is 23.2 Å². The number of amidine groups is 1. The number of carboxylic acid groups (broad SMARTS) is 1. The Hall–Kier alpha value is -3.69. The molecule has 0 aliphatic carbocycles. The van der Waals surface area contributed by atoms with Crippen LogP contribution in [0.15, 0.2) is 76.7 Å². The Bertz CT molecular complexity index is 1410. The van der Waals surface area contributed by atoms with E-state index in [0.717, 1.165) is 29.2 Å². The molecule has 0 fully saturated rings. The number of rotatable bonds is 4. The summed E-state index contributed by atoms with van der Waals surface area (Å²) >= 11 is 12.4. The van der Waals surface area contributed by atoms with Crippen molar-refractivity contribution in [2.24, 2.45) is 15.7 Å². The second-order valence-electron chi connectivity index (χ2n) is 8.75. The van der Waals surface area contributed by atoms with Crippen molar-refractivity contribution in [2.45, 2.75) is 18.4 Å². The predicted octanol–water partition coefficient (Wildman–Crippen LogP) is 5.68. The number of aliphatic imine (C=N–C) groups is 2. The summed E-state index contributed by atoms with van der Waals surface area (Å²) in [6, 6.07) is 20.2. The van der Waals surface area contributed by atoms with Crippen LogP contribution in [0.1, 0.15) is 18.1 Å². The van der Waals surface area contributed by atoms with Crippen molar-refractivity contribution < 1.29 is 23.4 Å². The maximum Gasteiger partial charge on any atom is 0.300 e. The number of guanidine groups is 1. The Labute approximate surface area is 228 Å². The summed E-state index contributed by atoms with van der Waals surface area (Å²) in [6.45, 7) is -0.133. The largest absolute Gasteiger partial charge is 0.497 e. The van der Waals surface area contributed by atoms with Gasteiger partial charge in [0.2, 0.25) is 0 Å². The summed E-state index contributed by atoms with van der Waals surface area (Å²) in [5.74, 6) is -2.82. The van der Waals surface area contributed by atoms with Gasteiger partial charge in [-0.1, -0.05) is 53.5 Å². The molecular weight excluding hydrogens is 537 g/mol. The zero-order valence-electron chi connectivity index (χ0n) is 20.5. The van der Waals surface area contributed by atoms with Gasteiger partial charge in [-0.15, -0.1) is 0 Å². The van der Waals surface area contributed by atoms with Gasteiger partial charge in [-0.3, -0.25) is 14.7 Å². The molecule has 0 spiro atoms. The monoisotopic (exact) mass is 560 g/mol. The fourth-order valence-electron chi connectivity index (χ4n) is 4.44. The van der Waals surface area contributed by atoms with E-state index in [1.807, 2.05) is 48.5 Å².